The van der Waals surface area contributed by atoms with Gasteiger partial charge in [-0.05, 0) is 0 Å². The summed E-state index contributed by atoms with van der Waals surface area (Å²) < 4.78 is 3.82. The Hall–Kier alpha value is 0.110. The van der Waals surface area contributed by atoms with Gasteiger partial charge in [0.05, 0.1) is 0 Å². The van der Waals surface area contributed by atoms with Gasteiger partial charge in [-0.1, -0.05) is 0 Å². The summed E-state index contributed by atoms with van der Waals surface area (Å²) >= 11 is 8.09. The van der Waals surface area contributed by atoms with Crippen molar-refractivity contribution in [3.05, 3.63) is 0 Å². The number of carbonyl (C=O) groups excluding carboxylic acids is 1. The van der Waals surface area contributed by atoms with Crippen LogP contribution in [-0.2, 0) is 8.98 Å². The number of hydrogen-bond acceptors (Lipinski definition) is 3. The van der Waals surface area contributed by atoms with Gasteiger partial charge in [-0.2, -0.15) is 0 Å². The van der Waals surface area contributed by atoms with E-state index in [1.165, 1.54) is 0 Å². The molecule has 0 saturated heterocycles. The van der Waals surface area contributed by atoms with E-state index in [4.69, 9.17) is 11.6 Å². The SMILES string of the molecule is O=C(CCl)OS. The largest absolute Gasteiger partial charge is 0.394 e. The number of alkyl halides is 1. The van der Waals surface area contributed by atoms with Crippen LogP contribution >= 0.6 is 24.5 Å². The summed E-state index contributed by atoms with van der Waals surface area (Å²) in [6, 6.07) is 0. The topological polar surface area (TPSA) is 26.3 Å². The summed E-state index contributed by atoms with van der Waals surface area (Å²) in [5, 5.41) is 0. The Morgan fingerprint density at radius 2 is 2.50 bits per heavy atom. The van der Waals surface area contributed by atoms with Crippen molar-refractivity contribution in [1.82, 2.24) is 0 Å². The van der Waals surface area contributed by atoms with Crippen LogP contribution in [0.25, 0.3) is 0 Å². The van der Waals surface area contributed by atoms with Crippen molar-refractivity contribution in [2.24, 2.45) is 0 Å². The summed E-state index contributed by atoms with van der Waals surface area (Å²) in [5.74, 6) is -0.663. The summed E-state index contributed by atoms with van der Waals surface area (Å²) in [7, 11) is 0. The zero-order valence-corrected chi connectivity index (χ0v) is 4.50. The Morgan fingerprint density at radius 1 is 2.00 bits per heavy atom. The van der Waals surface area contributed by atoms with Gasteiger partial charge in [0.25, 0.3) is 0 Å². The molecule has 0 bridgehead atoms. The van der Waals surface area contributed by atoms with Crippen LogP contribution in [0.1, 0.15) is 0 Å². The summed E-state index contributed by atoms with van der Waals surface area (Å²) in [6.07, 6.45) is 0. The van der Waals surface area contributed by atoms with Crippen LogP contribution < -0.4 is 0 Å². The van der Waals surface area contributed by atoms with E-state index in [-0.39, 0.29) is 5.88 Å². The van der Waals surface area contributed by atoms with Crippen LogP contribution in [0, 0.1) is 0 Å². The molecule has 0 heterocycles. The van der Waals surface area contributed by atoms with Crippen LogP contribution in [0.15, 0.2) is 0 Å². The molecule has 0 aliphatic rings. The minimum Gasteiger partial charge on any atom is -0.394 e. The standard InChI is InChI=1S/C2H3ClO2S/c3-1-2(4)5-6/h6H,1H2. The highest BCUT2D eigenvalue weighted by atomic mass is 35.5. The molecule has 0 unspecified atom stereocenters. The number of carbonyl (C=O) groups is 1. The lowest BCUT2D eigenvalue weighted by Crippen LogP contribution is -1.95. The third kappa shape index (κ3) is 2.35. The molecule has 0 radical (unpaired) electrons. The maximum Gasteiger partial charge on any atom is 0.332 e. The van der Waals surface area contributed by atoms with Crippen LogP contribution in [0.5, 0.6) is 0 Å². The summed E-state index contributed by atoms with van der Waals surface area (Å²) in [6.45, 7) is 0. The normalized spacial score (nSPS) is 7.67. The molecule has 4 heteroatoms. The lowest BCUT2D eigenvalue weighted by molar-refractivity contribution is -0.130. The van der Waals surface area contributed by atoms with E-state index in [1.807, 2.05) is 0 Å². The van der Waals surface area contributed by atoms with Crippen LogP contribution in [-0.4, -0.2) is 11.8 Å². The Labute approximate surface area is 46.0 Å². The Bertz CT molecular complexity index is 49.5. The van der Waals surface area contributed by atoms with Gasteiger partial charge in [-0.15, -0.1) is 11.6 Å². The quantitative estimate of drug-likeness (QED) is 0.317. The Kier molecular flexibility index (Phi) is 3.37. The van der Waals surface area contributed by atoms with Crippen molar-refractivity contribution >= 4 is 30.5 Å². The highest BCUT2D eigenvalue weighted by Gasteiger charge is 1.91. The van der Waals surface area contributed by atoms with E-state index in [0.717, 1.165) is 0 Å². The van der Waals surface area contributed by atoms with Gasteiger partial charge in [0, 0.05) is 12.9 Å². The fraction of sp³-hybridized carbons (Fsp3) is 0.500. The van der Waals surface area contributed by atoms with Gasteiger partial charge in [0.1, 0.15) is 5.88 Å². The van der Waals surface area contributed by atoms with E-state index >= 15 is 0 Å². The third-order valence-corrected chi connectivity index (χ3v) is 0.633. The van der Waals surface area contributed by atoms with Crippen LogP contribution in [0.3, 0.4) is 0 Å². The number of rotatable bonds is 1. The molecule has 0 aromatic rings. The maximum atomic E-state index is 9.75. The molecule has 0 aliphatic heterocycles. The molecule has 0 aliphatic carbocycles. The van der Waals surface area contributed by atoms with Crippen molar-refractivity contribution in [3.63, 3.8) is 0 Å². The zero-order chi connectivity index (χ0) is 4.99. The first-order chi connectivity index (χ1) is 2.81. The molecule has 2 nitrogen and oxygen atoms in total. The molecular weight excluding hydrogens is 124 g/mol. The summed E-state index contributed by atoms with van der Waals surface area (Å²) in [5.41, 5.74) is 0. The van der Waals surface area contributed by atoms with E-state index in [0.29, 0.717) is 0 Å². The van der Waals surface area contributed by atoms with Gasteiger partial charge in [-0.3, -0.25) is 0 Å². The summed E-state index contributed by atoms with van der Waals surface area (Å²) in [4.78, 5) is 9.75. The highest BCUT2D eigenvalue weighted by Crippen LogP contribution is 1.82. The van der Waals surface area contributed by atoms with Crippen molar-refractivity contribution < 1.29 is 8.98 Å². The monoisotopic (exact) mass is 126 g/mol. The second-order valence-electron chi connectivity index (χ2n) is 0.597. The lowest BCUT2D eigenvalue weighted by Gasteiger charge is -1.83. The number of halogens is 1. The van der Waals surface area contributed by atoms with Crippen LogP contribution in [0.4, 0.5) is 0 Å². The van der Waals surface area contributed by atoms with E-state index in [1.54, 1.807) is 0 Å². The van der Waals surface area contributed by atoms with E-state index in [9.17, 15) is 4.79 Å². The predicted octanol–water partition coefficient (Wildman–Crippen LogP) is 0.613. The van der Waals surface area contributed by atoms with Gasteiger partial charge < -0.3 is 4.18 Å². The minimum absolute atomic E-state index is 0.135. The van der Waals surface area contributed by atoms with Crippen LogP contribution in [0.2, 0.25) is 0 Å². The van der Waals surface area contributed by atoms with Crippen molar-refractivity contribution in [2.75, 3.05) is 5.88 Å². The Morgan fingerprint density at radius 3 is 2.50 bits per heavy atom. The molecule has 0 aromatic heterocycles. The van der Waals surface area contributed by atoms with Gasteiger partial charge in [0.2, 0.25) is 0 Å². The second-order valence-corrected chi connectivity index (χ2v) is 1.05. The molecular formula is C2H3ClO2S. The molecule has 0 spiro atoms. The van der Waals surface area contributed by atoms with Crippen molar-refractivity contribution in [2.45, 2.75) is 0 Å². The van der Waals surface area contributed by atoms with Gasteiger partial charge in [-0.25, -0.2) is 4.79 Å². The lowest BCUT2D eigenvalue weighted by atomic mass is 10.8. The molecule has 0 fully saturated rings. The minimum atomic E-state index is -0.528. The van der Waals surface area contributed by atoms with E-state index < -0.39 is 5.97 Å². The number of thiol groups is 1. The first kappa shape index (κ1) is 6.11. The Balaban J connectivity index is 2.99. The maximum absolute atomic E-state index is 9.75. The molecule has 0 saturated carbocycles. The molecule has 0 atom stereocenters. The average Bonchev–Trinajstić information content (AvgIpc) is 1.65. The van der Waals surface area contributed by atoms with Gasteiger partial charge >= 0.3 is 5.97 Å². The fourth-order valence-corrected chi connectivity index (χ4v) is 0.220. The second kappa shape index (κ2) is 3.31. The number of hydrogen-bond donors (Lipinski definition) is 1. The van der Waals surface area contributed by atoms with E-state index in [2.05, 4.69) is 17.1 Å². The fourth-order valence-electron chi connectivity index (χ4n) is 0.0244. The molecule has 0 amide bonds. The predicted molar refractivity (Wildman–Crippen MR) is 25.8 cm³/mol. The molecule has 0 N–H and O–H groups in total. The molecule has 36 valence electrons. The van der Waals surface area contributed by atoms with Gasteiger partial charge in [0.15, 0.2) is 0 Å². The smallest absolute Gasteiger partial charge is 0.332 e. The molecule has 0 aromatic carbocycles. The first-order valence-corrected chi connectivity index (χ1v) is 2.11. The van der Waals surface area contributed by atoms with Crippen molar-refractivity contribution in [3.8, 4) is 0 Å². The third-order valence-electron chi connectivity index (χ3n) is 0.211. The zero-order valence-electron chi connectivity index (χ0n) is 2.85. The molecule has 6 heavy (non-hydrogen) atoms. The first-order valence-electron chi connectivity index (χ1n) is 1.21. The molecule has 0 rings (SSSR count). The van der Waals surface area contributed by atoms with Crippen molar-refractivity contribution in [1.29, 1.82) is 0 Å². The average molecular weight is 127 g/mol. The highest BCUT2D eigenvalue weighted by molar-refractivity contribution is 7.75.